The van der Waals surface area contributed by atoms with Crippen LogP contribution < -0.4 is 21.2 Å². The minimum atomic E-state index is -2.01. The van der Waals surface area contributed by atoms with E-state index in [0.29, 0.717) is 22.3 Å². The molecule has 4 aromatic carbocycles. The van der Waals surface area contributed by atoms with Gasteiger partial charge in [-0.25, -0.2) is 0 Å². The first-order valence-electron chi connectivity index (χ1n) is 23.3. The molecule has 8 rings (SSSR count). The molecule has 0 bridgehead atoms. The second kappa shape index (κ2) is 18.7. The number of benzene rings is 4. The third kappa shape index (κ3) is 8.49. The third-order valence-electron chi connectivity index (χ3n) is 16.5. The molecule has 0 spiro atoms. The Morgan fingerprint density at radius 2 is 1.15 bits per heavy atom. The zero-order chi connectivity index (χ0) is 41.3. The number of rotatable bonds is 15. The Hall–Kier alpha value is -1.52. The summed E-state index contributed by atoms with van der Waals surface area (Å²) < 4.78 is 7.23. The van der Waals surface area contributed by atoms with Gasteiger partial charge in [-0.15, -0.1) is 0 Å². The molecule has 59 heavy (non-hydrogen) atoms. The van der Waals surface area contributed by atoms with E-state index >= 15 is 0 Å². The van der Waals surface area contributed by atoms with Gasteiger partial charge in [0.1, 0.15) is 0 Å². The first-order valence-corrected chi connectivity index (χ1v) is 31.9. The summed E-state index contributed by atoms with van der Waals surface area (Å²) in [7, 11) is 0. The van der Waals surface area contributed by atoms with Crippen molar-refractivity contribution in [3.63, 3.8) is 0 Å². The summed E-state index contributed by atoms with van der Waals surface area (Å²) in [5.74, 6) is 5.26. The van der Waals surface area contributed by atoms with Gasteiger partial charge < -0.3 is 0 Å². The Bertz CT molecular complexity index is 1930. The van der Waals surface area contributed by atoms with Crippen molar-refractivity contribution in [1.29, 1.82) is 0 Å². The van der Waals surface area contributed by atoms with E-state index in [9.17, 15) is 0 Å². The van der Waals surface area contributed by atoms with Crippen molar-refractivity contribution in [1.82, 2.24) is 0 Å². The predicted octanol–water partition coefficient (Wildman–Crippen LogP) is 12.1. The first kappa shape index (κ1) is 44.1. The van der Waals surface area contributed by atoms with Gasteiger partial charge in [0.15, 0.2) is 0 Å². The molecule has 0 aliphatic heterocycles. The van der Waals surface area contributed by atoms with Crippen LogP contribution in [0.3, 0.4) is 0 Å². The number of ether oxygens (including phenoxy) is 1. The molecular weight excluding hydrogens is 884 g/mol. The van der Waals surface area contributed by atoms with Crippen molar-refractivity contribution >= 4 is 62.4 Å². The van der Waals surface area contributed by atoms with E-state index in [0.717, 1.165) is 55.0 Å². The molecule has 0 N–H and O–H groups in total. The molecule has 5 heteroatoms. The Labute approximate surface area is 373 Å². The van der Waals surface area contributed by atoms with Gasteiger partial charge in [0.05, 0.1) is 0 Å². The fraction of sp³-hybridized carbons (Fsp3) is 0.519. The summed E-state index contributed by atoms with van der Waals surface area (Å²) in [4.78, 5) is 0. The van der Waals surface area contributed by atoms with E-state index in [4.69, 9.17) is 4.74 Å². The molecule has 2 radical (unpaired) electrons. The van der Waals surface area contributed by atoms with Crippen LogP contribution in [0.1, 0.15) is 112 Å². The average molecular weight is 957 g/mol. The molecular formula is C54H72OP2Se2. The Morgan fingerprint density at radius 3 is 1.66 bits per heavy atom. The summed E-state index contributed by atoms with van der Waals surface area (Å²) >= 11 is 6.67. The number of allylic oxidation sites excluding steroid dienone is 1. The van der Waals surface area contributed by atoms with Gasteiger partial charge in [-0.05, 0) is 36.0 Å². The summed E-state index contributed by atoms with van der Waals surface area (Å²) in [6.07, 6.45) is 19.1. The van der Waals surface area contributed by atoms with E-state index < -0.39 is 11.0 Å². The first-order chi connectivity index (χ1) is 28.5. The molecule has 0 aromatic heterocycles. The number of hydrogen-bond donors (Lipinski definition) is 0. The van der Waals surface area contributed by atoms with Crippen LogP contribution in [0, 0.1) is 46.3 Å². The Balaban J connectivity index is 1.04. The fourth-order valence-corrected chi connectivity index (χ4v) is 36.4. The van der Waals surface area contributed by atoms with Gasteiger partial charge in [-0.3, -0.25) is 0 Å². The molecule has 0 amide bonds. The number of fused-ring (bicyclic) bond motifs is 5. The molecule has 4 aliphatic carbocycles. The summed E-state index contributed by atoms with van der Waals surface area (Å²) in [5, 5.41) is 6.23. The van der Waals surface area contributed by atoms with Crippen LogP contribution in [0.2, 0.25) is 0 Å². The Morgan fingerprint density at radius 1 is 0.627 bits per heavy atom. The molecule has 316 valence electrons. The van der Waals surface area contributed by atoms with E-state index in [1.807, 2.05) is 0 Å². The molecule has 2 unspecified atom stereocenters. The van der Waals surface area contributed by atoms with E-state index in [1.54, 1.807) is 5.57 Å². The molecule has 0 heterocycles. The van der Waals surface area contributed by atoms with Gasteiger partial charge in [0.25, 0.3) is 0 Å². The molecule has 4 aliphatic rings. The summed E-state index contributed by atoms with van der Waals surface area (Å²) in [6.45, 7) is 13.6. The van der Waals surface area contributed by atoms with E-state index in [1.165, 1.54) is 85.4 Å². The van der Waals surface area contributed by atoms with E-state index in [-0.39, 0.29) is 0 Å². The van der Waals surface area contributed by atoms with Crippen molar-refractivity contribution in [2.24, 2.45) is 46.3 Å². The van der Waals surface area contributed by atoms with Crippen molar-refractivity contribution in [3.8, 4) is 0 Å². The van der Waals surface area contributed by atoms with Crippen LogP contribution in [0.4, 0.5) is 0 Å². The summed E-state index contributed by atoms with van der Waals surface area (Å²) in [6, 6.07) is 45.9. The van der Waals surface area contributed by atoms with Gasteiger partial charge in [-0.1, -0.05) is 47.0 Å². The van der Waals surface area contributed by atoms with Crippen molar-refractivity contribution in [2.45, 2.75) is 123 Å². The average Bonchev–Trinajstić information content (AvgIpc) is 3.63. The molecule has 4 aromatic rings. The maximum atomic E-state index is 7.23. The quantitative estimate of drug-likeness (QED) is 0.0655. The van der Waals surface area contributed by atoms with Crippen LogP contribution in [0.25, 0.3) is 0 Å². The zero-order valence-electron chi connectivity index (χ0n) is 36.6. The van der Waals surface area contributed by atoms with Crippen molar-refractivity contribution in [3.05, 3.63) is 133 Å². The predicted molar refractivity (Wildman–Crippen MR) is 264 cm³/mol. The summed E-state index contributed by atoms with van der Waals surface area (Å²) in [5.41, 5.74) is -1.39. The zero-order valence-corrected chi connectivity index (χ0v) is 42.2. The normalized spacial score (nSPS) is 28.7. The van der Waals surface area contributed by atoms with Gasteiger partial charge >= 0.3 is 293 Å². The molecule has 1 nitrogen and oxygen atoms in total. The van der Waals surface area contributed by atoms with Crippen molar-refractivity contribution < 1.29 is 4.74 Å². The van der Waals surface area contributed by atoms with Crippen molar-refractivity contribution in [2.75, 3.05) is 6.61 Å². The van der Waals surface area contributed by atoms with Gasteiger partial charge in [0, 0.05) is 0 Å². The third-order valence-corrected chi connectivity index (χ3v) is 36.8. The standard InChI is InChI=1S/C54H72OP2Se2/c1-40(2)19-18-20-41(3)49-31-32-50-48-30-29-42-39-43(33-36-53(42,4)51(48)34-37-54(49,50)5)55-38-35-52(56(58,44-21-10-6-11-22-44)45-23-12-7-13-24-45)57(59,46-25-14-8-15-26-46)47-27-16-9-17-28-47/h6-17,21-29,40-41,43,48-52,58-59H,18-20,30-39H2,1-5H3/t41?,43-,48-,49?,50-,51-,53-,54+/m0/s1. The monoisotopic (exact) mass is 958 g/mol. The minimum Gasteiger partial charge on any atom is -0.0591 e. The second-order valence-corrected chi connectivity index (χ2v) is 34.4. The van der Waals surface area contributed by atoms with Crippen LogP contribution in [0.5, 0.6) is 0 Å². The smallest absolute Gasteiger partial charge is 0.0591 e. The second-order valence-electron chi connectivity index (χ2n) is 20.0. The molecule has 8 atom stereocenters. The molecule has 3 saturated carbocycles. The maximum absolute atomic E-state index is 7.23. The van der Waals surface area contributed by atoms with Crippen LogP contribution in [-0.2, 0) is 4.74 Å². The van der Waals surface area contributed by atoms with Gasteiger partial charge in [0.2, 0.25) is 0 Å². The molecule has 0 saturated heterocycles. The topological polar surface area (TPSA) is 9.23 Å². The van der Waals surface area contributed by atoms with Crippen LogP contribution >= 0.6 is 11.0 Å². The van der Waals surface area contributed by atoms with Crippen LogP contribution in [0.15, 0.2) is 133 Å². The number of hydrogen-bond acceptors (Lipinski definition) is 1. The van der Waals surface area contributed by atoms with Crippen LogP contribution in [-0.4, -0.2) is 48.3 Å². The Kier molecular flexibility index (Phi) is 14.0. The van der Waals surface area contributed by atoms with Gasteiger partial charge in [-0.2, -0.15) is 0 Å². The SMILES string of the molecule is CC(C)CCCC(C)C1CC[C@H]2[C@@H]3CC=C4C[C@@H](OCCC(P(=[SeH])(c5ccccc5)c5ccccc5)P(=[SeH])(c5ccccc5)c5ccccc5)CC[C@]4(C)[C@H]3CC[C@]12C. The molecule has 3 fully saturated rings. The fourth-order valence-electron chi connectivity index (χ4n) is 13.4. The minimum absolute atomic E-state index is 0.308. The van der Waals surface area contributed by atoms with E-state index in [2.05, 4.69) is 192 Å².